The van der Waals surface area contributed by atoms with Crippen LogP contribution in [0, 0.1) is 0 Å². The van der Waals surface area contributed by atoms with Gasteiger partial charge in [0.05, 0.1) is 11.9 Å². The lowest BCUT2D eigenvalue weighted by atomic mass is 10.1. The minimum atomic E-state index is -4.72. The molecule has 1 aliphatic rings. The van der Waals surface area contributed by atoms with Crippen molar-refractivity contribution in [2.45, 2.75) is 31.6 Å². The topological polar surface area (TPSA) is 45.2 Å². The zero-order valence-corrected chi connectivity index (χ0v) is 11.2. The van der Waals surface area contributed by atoms with Crippen LogP contribution in [-0.4, -0.2) is 36.3 Å². The van der Waals surface area contributed by atoms with Gasteiger partial charge in [0.15, 0.2) is 0 Å². The van der Waals surface area contributed by atoms with E-state index < -0.39 is 18.3 Å². The van der Waals surface area contributed by atoms with E-state index in [0.717, 1.165) is 32.4 Å². The van der Waals surface area contributed by atoms with Gasteiger partial charge >= 0.3 is 18.3 Å². The largest absolute Gasteiger partial charge is 0.383 e. The Morgan fingerprint density at radius 3 is 2.43 bits per heavy atom. The van der Waals surface area contributed by atoms with Gasteiger partial charge in [0.2, 0.25) is 0 Å². The Bertz CT molecular complexity index is 487. The number of piperidine rings is 1. The number of halogens is 4. The van der Waals surface area contributed by atoms with Crippen LogP contribution < -0.4 is 10.2 Å². The Balaban J connectivity index is 2.00. The van der Waals surface area contributed by atoms with Crippen molar-refractivity contribution in [3.8, 4) is 0 Å². The molecule has 1 saturated heterocycles. The number of alkyl halides is 4. The molecule has 0 aliphatic carbocycles. The van der Waals surface area contributed by atoms with Crippen LogP contribution in [-0.2, 0) is 4.79 Å². The number of hydrogen-bond acceptors (Lipinski definition) is 3. The van der Waals surface area contributed by atoms with Crippen molar-refractivity contribution in [3.05, 3.63) is 18.3 Å². The standard InChI is InChI=1S/C13H15F4N3O/c14-11(15)13(16,17)12(21)19-9-4-5-10(18-8-9)20-6-2-1-3-7-20/h4-5,8,11H,1-3,6-7H2,(H,19,21). The number of amides is 1. The maximum Gasteiger partial charge on any atom is 0.383 e. The van der Waals surface area contributed by atoms with E-state index in [1.165, 1.54) is 12.3 Å². The van der Waals surface area contributed by atoms with Crippen LogP contribution in [0.5, 0.6) is 0 Å². The molecular weight excluding hydrogens is 290 g/mol. The number of hydrogen-bond donors (Lipinski definition) is 1. The van der Waals surface area contributed by atoms with Crippen molar-refractivity contribution in [1.29, 1.82) is 0 Å². The lowest BCUT2D eigenvalue weighted by molar-refractivity contribution is -0.163. The highest BCUT2D eigenvalue weighted by atomic mass is 19.3. The fourth-order valence-electron chi connectivity index (χ4n) is 2.08. The summed E-state index contributed by atoms with van der Waals surface area (Å²) in [5, 5.41) is 1.74. The van der Waals surface area contributed by atoms with E-state index in [9.17, 15) is 22.4 Å². The highest BCUT2D eigenvalue weighted by Gasteiger charge is 2.48. The maximum atomic E-state index is 12.8. The molecule has 0 bridgehead atoms. The number of carbonyl (C=O) groups is 1. The molecule has 1 aliphatic heterocycles. The number of carbonyl (C=O) groups excluding carboxylic acids is 1. The average Bonchev–Trinajstić information content (AvgIpc) is 2.48. The van der Waals surface area contributed by atoms with Crippen molar-refractivity contribution in [2.75, 3.05) is 23.3 Å². The van der Waals surface area contributed by atoms with E-state index in [0.29, 0.717) is 5.82 Å². The van der Waals surface area contributed by atoms with Gasteiger partial charge in [0, 0.05) is 13.1 Å². The van der Waals surface area contributed by atoms with Gasteiger partial charge in [-0.3, -0.25) is 4.79 Å². The predicted octanol–water partition coefficient (Wildman–Crippen LogP) is 2.91. The van der Waals surface area contributed by atoms with Gasteiger partial charge in [0.1, 0.15) is 5.82 Å². The zero-order chi connectivity index (χ0) is 15.5. The molecule has 1 fully saturated rings. The Hall–Kier alpha value is -1.86. The molecule has 0 saturated carbocycles. The summed E-state index contributed by atoms with van der Waals surface area (Å²) in [5.74, 6) is -6.08. The molecule has 0 radical (unpaired) electrons. The van der Waals surface area contributed by atoms with Crippen molar-refractivity contribution < 1.29 is 22.4 Å². The van der Waals surface area contributed by atoms with Crippen LogP contribution in [0.15, 0.2) is 18.3 Å². The second-order valence-electron chi connectivity index (χ2n) is 4.83. The first-order valence-electron chi connectivity index (χ1n) is 6.59. The van der Waals surface area contributed by atoms with E-state index in [2.05, 4.69) is 4.98 Å². The summed E-state index contributed by atoms with van der Waals surface area (Å²) in [4.78, 5) is 17.2. The zero-order valence-electron chi connectivity index (χ0n) is 11.2. The first-order valence-corrected chi connectivity index (χ1v) is 6.59. The summed E-state index contributed by atoms with van der Waals surface area (Å²) >= 11 is 0. The number of rotatable bonds is 4. The minimum Gasteiger partial charge on any atom is -0.357 e. The molecule has 1 N–H and O–H groups in total. The summed E-state index contributed by atoms with van der Waals surface area (Å²) in [7, 11) is 0. The number of aromatic nitrogens is 1. The maximum absolute atomic E-state index is 12.8. The molecule has 1 amide bonds. The Morgan fingerprint density at radius 2 is 1.90 bits per heavy atom. The van der Waals surface area contributed by atoms with Gasteiger partial charge < -0.3 is 10.2 Å². The van der Waals surface area contributed by atoms with E-state index >= 15 is 0 Å². The SMILES string of the molecule is O=C(Nc1ccc(N2CCCCC2)nc1)C(F)(F)C(F)F. The van der Waals surface area contributed by atoms with Crippen LogP contribution in [0.4, 0.5) is 29.1 Å². The summed E-state index contributed by atoms with van der Waals surface area (Å²) in [6, 6.07) is 2.94. The molecule has 4 nitrogen and oxygen atoms in total. The van der Waals surface area contributed by atoms with E-state index in [1.54, 1.807) is 11.4 Å². The van der Waals surface area contributed by atoms with Gasteiger partial charge in [-0.2, -0.15) is 8.78 Å². The molecule has 0 spiro atoms. The predicted molar refractivity (Wildman–Crippen MR) is 69.9 cm³/mol. The molecule has 0 atom stereocenters. The third-order valence-corrected chi connectivity index (χ3v) is 3.26. The quantitative estimate of drug-likeness (QED) is 0.870. The fourth-order valence-corrected chi connectivity index (χ4v) is 2.08. The van der Waals surface area contributed by atoms with Gasteiger partial charge in [-0.15, -0.1) is 0 Å². The van der Waals surface area contributed by atoms with Crippen LogP contribution in [0.2, 0.25) is 0 Å². The minimum absolute atomic E-state index is 0.0407. The highest BCUT2D eigenvalue weighted by molar-refractivity contribution is 5.96. The average molecular weight is 305 g/mol. The third kappa shape index (κ3) is 3.62. The second-order valence-corrected chi connectivity index (χ2v) is 4.83. The molecule has 0 unspecified atom stereocenters. The number of nitrogens with zero attached hydrogens (tertiary/aromatic N) is 2. The van der Waals surface area contributed by atoms with Crippen molar-refractivity contribution in [3.63, 3.8) is 0 Å². The number of anilines is 2. The van der Waals surface area contributed by atoms with Crippen LogP contribution in [0.3, 0.4) is 0 Å². The Kier molecular flexibility index (Phi) is 4.64. The van der Waals surface area contributed by atoms with Crippen molar-refractivity contribution in [1.82, 2.24) is 4.98 Å². The number of nitrogens with one attached hydrogen (secondary N) is 1. The van der Waals surface area contributed by atoms with Crippen LogP contribution in [0.25, 0.3) is 0 Å². The first-order chi connectivity index (χ1) is 9.91. The van der Waals surface area contributed by atoms with Crippen molar-refractivity contribution >= 4 is 17.4 Å². The molecule has 8 heteroatoms. The monoisotopic (exact) mass is 305 g/mol. The molecule has 2 rings (SSSR count). The summed E-state index contributed by atoms with van der Waals surface area (Å²) in [6.45, 7) is 1.73. The fraction of sp³-hybridized carbons (Fsp3) is 0.538. The number of pyridine rings is 1. The van der Waals surface area contributed by atoms with E-state index in [4.69, 9.17) is 0 Å². The normalized spacial score (nSPS) is 16.1. The summed E-state index contributed by atoms with van der Waals surface area (Å²) in [5.41, 5.74) is -0.0407. The molecule has 2 heterocycles. The van der Waals surface area contributed by atoms with Gasteiger partial charge in [-0.25, -0.2) is 13.8 Å². The Labute approximate surface area is 119 Å². The molecular formula is C13H15F4N3O. The van der Waals surface area contributed by atoms with Crippen LogP contribution >= 0.6 is 0 Å². The molecule has 21 heavy (non-hydrogen) atoms. The van der Waals surface area contributed by atoms with Gasteiger partial charge in [-0.05, 0) is 31.4 Å². The van der Waals surface area contributed by atoms with E-state index in [1.807, 2.05) is 4.90 Å². The molecule has 0 aromatic carbocycles. The first kappa shape index (κ1) is 15.5. The lowest BCUT2D eigenvalue weighted by Gasteiger charge is -2.27. The third-order valence-electron chi connectivity index (χ3n) is 3.26. The second kappa shape index (κ2) is 6.28. The summed E-state index contributed by atoms with van der Waals surface area (Å²) in [6.07, 6.45) is 0.413. The highest BCUT2D eigenvalue weighted by Crippen LogP contribution is 2.25. The van der Waals surface area contributed by atoms with Crippen LogP contribution in [0.1, 0.15) is 19.3 Å². The molecule has 1 aromatic heterocycles. The van der Waals surface area contributed by atoms with Gasteiger partial charge in [-0.1, -0.05) is 0 Å². The van der Waals surface area contributed by atoms with Gasteiger partial charge in [0.25, 0.3) is 0 Å². The smallest absolute Gasteiger partial charge is 0.357 e. The molecule has 116 valence electrons. The lowest BCUT2D eigenvalue weighted by Crippen LogP contribution is -2.41. The van der Waals surface area contributed by atoms with E-state index in [-0.39, 0.29) is 5.69 Å². The Morgan fingerprint density at radius 1 is 1.24 bits per heavy atom. The molecule has 1 aromatic rings. The van der Waals surface area contributed by atoms with Crippen molar-refractivity contribution in [2.24, 2.45) is 0 Å². The summed E-state index contributed by atoms with van der Waals surface area (Å²) < 4.78 is 49.7.